The number of benzene rings is 1. The molecule has 1 saturated carbocycles. The minimum absolute atomic E-state index is 0.00523. The fraction of sp³-hybridized carbons (Fsp3) is 0.500. The molecule has 0 heterocycles. The van der Waals surface area contributed by atoms with Crippen LogP contribution in [-0.4, -0.2) is 6.43 Å². The van der Waals surface area contributed by atoms with Gasteiger partial charge < -0.3 is 0 Å². The number of hydrogen-bond donors (Lipinski definition) is 0. The molecule has 0 aliphatic heterocycles. The molecule has 0 aromatic heterocycles. The Hall–Kier alpha value is -1.39. The van der Waals surface area contributed by atoms with Crippen LogP contribution in [0.2, 0.25) is 0 Å². The Morgan fingerprint density at radius 3 is 2.10 bits per heavy atom. The number of halogens is 5. The monoisotopic (exact) mass is 304 g/mol. The van der Waals surface area contributed by atoms with Crippen molar-refractivity contribution in [2.75, 3.05) is 0 Å². The molecule has 0 amide bonds. The molecule has 0 unspecified atom stereocenters. The van der Waals surface area contributed by atoms with Crippen LogP contribution in [0.15, 0.2) is 24.3 Å². The Morgan fingerprint density at radius 1 is 1.00 bits per heavy atom. The molecule has 1 aliphatic carbocycles. The number of allylic oxidation sites excluding steroid dienone is 2. The molecule has 21 heavy (non-hydrogen) atoms. The van der Waals surface area contributed by atoms with E-state index in [0.717, 1.165) is 25.0 Å². The van der Waals surface area contributed by atoms with Crippen LogP contribution in [0.25, 0.3) is 0 Å². The summed E-state index contributed by atoms with van der Waals surface area (Å²) in [4.78, 5) is 0. The van der Waals surface area contributed by atoms with Gasteiger partial charge in [-0.05, 0) is 55.2 Å². The summed E-state index contributed by atoms with van der Waals surface area (Å²) in [5.41, 5.74) is 0.474. The van der Waals surface area contributed by atoms with Crippen molar-refractivity contribution in [3.8, 4) is 0 Å². The van der Waals surface area contributed by atoms with Gasteiger partial charge in [-0.2, -0.15) is 0 Å². The maximum atomic E-state index is 13.2. The van der Waals surface area contributed by atoms with Crippen molar-refractivity contribution in [2.24, 2.45) is 5.92 Å². The molecule has 0 radical (unpaired) electrons. The van der Waals surface area contributed by atoms with Crippen LogP contribution in [0.4, 0.5) is 22.0 Å². The van der Waals surface area contributed by atoms with E-state index >= 15 is 0 Å². The molecule has 0 nitrogen and oxygen atoms in total. The summed E-state index contributed by atoms with van der Waals surface area (Å²) in [7, 11) is 0. The second-order valence-electron chi connectivity index (χ2n) is 5.47. The minimum Gasteiger partial charge on any atom is -0.210 e. The fourth-order valence-corrected chi connectivity index (χ4v) is 2.83. The normalized spacial score (nSPS) is 23.1. The van der Waals surface area contributed by atoms with Crippen molar-refractivity contribution >= 4 is 0 Å². The lowest BCUT2D eigenvalue weighted by Gasteiger charge is -2.27. The maximum Gasteiger partial charge on any atom is 0.242 e. The predicted octanol–water partition coefficient (Wildman–Crippen LogP) is 5.59. The molecule has 1 aromatic carbocycles. The first-order chi connectivity index (χ1) is 9.97. The van der Waals surface area contributed by atoms with E-state index in [4.69, 9.17) is 0 Å². The molecule has 116 valence electrons. The summed E-state index contributed by atoms with van der Waals surface area (Å²) >= 11 is 0. The lowest BCUT2D eigenvalue weighted by molar-refractivity contribution is 0.152. The molecule has 0 atom stereocenters. The van der Waals surface area contributed by atoms with E-state index in [9.17, 15) is 22.0 Å². The molecule has 1 fully saturated rings. The van der Waals surface area contributed by atoms with Gasteiger partial charge in [0.2, 0.25) is 6.43 Å². The van der Waals surface area contributed by atoms with Crippen molar-refractivity contribution < 1.29 is 22.0 Å². The van der Waals surface area contributed by atoms with E-state index in [1.165, 1.54) is 6.08 Å². The minimum atomic E-state index is -2.33. The first-order valence-corrected chi connectivity index (χ1v) is 7.06. The van der Waals surface area contributed by atoms with E-state index in [0.29, 0.717) is 18.4 Å². The van der Waals surface area contributed by atoms with Crippen LogP contribution in [0.1, 0.15) is 43.6 Å². The third-order valence-corrected chi connectivity index (χ3v) is 3.97. The van der Waals surface area contributed by atoms with Gasteiger partial charge >= 0.3 is 0 Å². The second kappa shape index (κ2) is 7.05. The highest BCUT2D eigenvalue weighted by Gasteiger charge is 2.23. The molecule has 1 aromatic rings. The summed E-state index contributed by atoms with van der Waals surface area (Å²) < 4.78 is 63.4. The van der Waals surface area contributed by atoms with Crippen LogP contribution in [-0.2, 0) is 0 Å². The van der Waals surface area contributed by atoms with Gasteiger partial charge in [-0.1, -0.05) is 12.2 Å². The van der Waals surface area contributed by atoms with Crippen molar-refractivity contribution in [3.63, 3.8) is 0 Å². The Bertz CT molecular complexity index is 478. The highest BCUT2D eigenvalue weighted by atomic mass is 19.3. The standard InChI is InChI=1S/C16H17F5/c17-13-8-12(9-14(18)16(13)21)11-6-4-10(5-7-11)2-1-3-15(19)20/h1-2,8-11,15H,3-7H2. The van der Waals surface area contributed by atoms with Gasteiger partial charge in [0, 0.05) is 6.42 Å². The van der Waals surface area contributed by atoms with Crippen LogP contribution in [0, 0.1) is 23.4 Å². The summed E-state index contributed by atoms with van der Waals surface area (Å²) in [5.74, 6) is -3.54. The smallest absolute Gasteiger partial charge is 0.210 e. The molecular formula is C16H17F5. The Balaban J connectivity index is 1.93. The SMILES string of the molecule is Fc1cc(C2CCC(C=CCC(F)F)CC2)cc(F)c1F. The van der Waals surface area contributed by atoms with E-state index in [2.05, 4.69) is 0 Å². The summed E-state index contributed by atoms with van der Waals surface area (Å²) in [6.45, 7) is 0. The van der Waals surface area contributed by atoms with Crippen molar-refractivity contribution in [2.45, 2.75) is 44.4 Å². The molecule has 2 rings (SSSR count). The zero-order valence-corrected chi connectivity index (χ0v) is 11.5. The van der Waals surface area contributed by atoms with E-state index in [1.54, 1.807) is 6.08 Å². The third kappa shape index (κ3) is 4.29. The maximum absolute atomic E-state index is 13.2. The van der Waals surface area contributed by atoms with Crippen LogP contribution < -0.4 is 0 Å². The van der Waals surface area contributed by atoms with Gasteiger partial charge in [-0.3, -0.25) is 0 Å². The highest BCUT2D eigenvalue weighted by Crippen LogP contribution is 2.37. The van der Waals surface area contributed by atoms with Gasteiger partial charge in [0.25, 0.3) is 0 Å². The van der Waals surface area contributed by atoms with Gasteiger partial charge in [-0.15, -0.1) is 0 Å². The largest absolute Gasteiger partial charge is 0.242 e. The van der Waals surface area contributed by atoms with Crippen molar-refractivity contribution in [3.05, 3.63) is 47.3 Å². The number of alkyl halides is 2. The van der Waals surface area contributed by atoms with E-state index < -0.39 is 23.9 Å². The van der Waals surface area contributed by atoms with Gasteiger partial charge in [0.15, 0.2) is 17.5 Å². The molecule has 1 aliphatic rings. The highest BCUT2D eigenvalue weighted by molar-refractivity contribution is 5.23. The topological polar surface area (TPSA) is 0 Å². The first-order valence-electron chi connectivity index (χ1n) is 7.06. The van der Waals surface area contributed by atoms with Gasteiger partial charge in [0.1, 0.15) is 0 Å². The summed E-state index contributed by atoms with van der Waals surface area (Å²) in [5, 5.41) is 0. The second-order valence-corrected chi connectivity index (χ2v) is 5.47. The lowest BCUT2D eigenvalue weighted by atomic mass is 9.78. The van der Waals surface area contributed by atoms with Gasteiger partial charge in [-0.25, -0.2) is 22.0 Å². The van der Waals surface area contributed by atoms with Crippen LogP contribution in [0.3, 0.4) is 0 Å². The Kier molecular flexibility index (Phi) is 5.37. The van der Waals surface area contributed by atoms with E-state index in [1.807, 2.05) is 0 Å². The molecule has 0 spiro atoms. The fourth-order valence-electron chi connectivity index (χ4n) is 2.83. The predicted molar refractivity (Wildman–Crippen MR) is 70.8 cm³/mol. The molecular weight excluding hydrogens is 287 g/mol. The average molecular weight is 304 g/mol. The molecule has 0 saturated heterocycles. The number of rotatable bonds is 4. The average Bonchev–Trinajstić information content (AvgIpc) is 2.44. The zero-order valence-electron chi connectivity index (χ0n) is 11.5. The molecule has 0 N–H and O–H groups in total. The third-order valence-electron chi connectivity index (χ3n) is 3.97. The van der Waals surface area contributed by atoms with Crippen molar-refractivity contribution in [1.29, 1.82) is 0 Å². The first kappa shape index (κ1) is 16.0. The molecule has 5 heteroatoms. The van der Waals surface area contributed by atoms with E-state index in [-0.39, 0.29) is 18.3 Å². The quantitative estimate of drug-likeness (QED) is 0.386. The van der Waals surface area contributed by atoms with Crippen molar-refractivity contribution in [1.82, 2.24) is 0 Å². The Morgan fingerprint density at radius 2 is 1.57 bits per heavy atom. The zero-order chi connectivity index (χ0) is 15.4. The number of hydrogen-bond acceptors (Lipinski definition) is 0. The molecule has 0 bridgehead atoms. The lowest BCUT2D eigenvalue weighted by Crippen LogP contribution is -2.12. The van der Waals surface area contributed by atoms with Gasteiger partial charge in [0.05, 0.1) is 0 Å². The van der Waals surface area contributed by atoms with Crippen LogP contribution in [0.5, 0.6) is 0 Å². The Labute approximate surface area is 120 Å². The summed E-state index contributed by atoms with van der Waals surface area (Å²) in [6, 6.07) is 2.10. The summed E-state index contributed by atoms with van der Waals surface area (Å²) in [6.07, 6.45) is 3.72. The van der Waals surface area contributed by atoms with Crippen LogP contribution >= 0.6 is 0 Å².